The number of carbonyl (C=O) groups excluding carboxylic acids is 2. The molecule has 0 unspecified atom stereocenters. The predicted octanol–water partition coefficient (Wildman–Crippen LogP) is 4.63. The number of carbonyl (C=O) groups is 2. The quantitative estimate of drug-likeness (QED) is 0.552. The number of methoxy groups -OCH3 is 1. The zero-order valence-corrected chi connectivity index (χ0v) is 17.6. The topological polar surface area (TPSA) is 67.9 Å². The summed E-state index contributed by atoms with van der Waals surface area (Å²) in [6.07, 6.45) is 0. The van der Waals surface area contributed by atoms with Gasteiger partial charge in [-0.2, -0.15) is 0 Å². The Bertz CT molecular complexity index is 1190. The van der Waals surface area contributed by atoms with Gasteiger partial charge in [-0.1, -0.05) is 24.3 Å². The first kappa shape index (κ1) is 21.1. The van der Waals surface area contributed by atoms with Crippen molar-refractivity contribution in [2.45, 2.75) is 6.92 Å². The molecule has 0 radical (unpaired) electrons. The molecule has 1 heterocycles. The summed E-state index contributed by atoms with van der Waals surface area (Å²) in [5.41, 5.74) is 1.69. The van der Waals surface area contributed by atoms with Crippen molar-refractivity contribution in [1.29, 1.82) is 0 Å². The van der Waals surface area contributed by atoms with Crippen LogP contribution in [0, 0.1) is 5.82 Å². The molecule has 3 aromatic carbocycles. The maximum atomic E-state index is 13.4. The van der Waals surface area contributed by atoms with Gasteiger partial charge < -0.3 is 14.8 Å². The molecular formula is C25H21FN2O4. The number of hydrogen-bond acceptors (Lipinski definition) is 5. The summed E-state index contributed by atoms with van der Waals surface area (Å²) in [7, 11) is 1.55. The van der Waals surface area contributed by atoms with Gasteiger partial charge in [-0.25, -0.2) is 9.29 Å². The lowest BCUT2D eigenvalue weighted by atomic mass is 10.0. The number of hydrogen-bond donors (Lipinski definition) is 1. The highest BCUT2D eigenvalue weighted by Gasteiger charge is 2.40. The van der Waals surface area contributed by atoms with Crippen LogP contribution in [0.3, 0.4) is 0 Å². The summed E-state index contributed by atoms with van der Waals surface area (Å²) in [4.78, 5) is 27.9. The van der Waals surface area contributed by atoms with Crippen LogP contribution in [0.15, 0.2) is 78.5 Å². The van der Waals surface area contributed by atoms with Crippen LogP contribution in [0.5, 0.6) is 11.5 Å². The van der Waals surface area contributed by atoms with Crippen molar-refractivity contribution in [3.63, 3.8) is 0 Å². The van der Waals surface area contributed by atoms with Crippen molar-refractivity contribution in [3.8, 4) is 11.5 Å². The molecule has 0 saturated carbocycles. The average Bonchev–Trinajstić information content (AvgIpc) is 3.05. The fourth-order valence-corrected chi connectivity index (χ4v) is 3.48. The number of ether oxygens (including phenoxy) is 2. The van der Waals surface area contributed by atoms with E-state index in [1.54, 1.807) is 49.6 Å². The Kier molecular flexibility index (Phi) is 5.89. The maximum Gasteiger partial charge on any atom is 0.282 e. The maximum absolute atomic E-state index is 13.4. The molecule has 0 spiro atoms. The van der Waals surface area contributed by atoms with E-state index in [4.69, 9.17) is 9.47 Å². The predicted molar refractivity (Wildman–Crippen MR) is 120 cm³/mol. The molecule has 7 heteroatoms. The molecule has 0 atom stereocenters. The number of amides is 2. The normalized spacial score (nSPS) is 13.5. The molecule has 2 amide bonds. The minimum absolute atomic E-state index is 0.108. The third-order valence-corrected chi connectivity index (χ3v) is 4.99. The van der Waals surface area contributed by atoms with Gasteiger partial charge in [0.25, 0.3) is 11.8 Å². The van der Waals surface area contributed by atoms with E-state index in [1.165, 1.54) is 24.3 Å². The number of benzene rings is 3. The lowest BCUT2D eigenvalue weighted by Gasteiger charge is -2.16. The Hall–Kier alpha value is -4.13. The SMILES string of the molecule is CCOc1ccccc1NC1=C(c2ccc(OC)cc2)C(=O)N(c2ccc(F)cc2)C1=O. The van der Waals surface area contributed by atoms with Gasteiger partial charge in [0.2, 0.25) is 0 Å². The Morgan fingerprint density at radius 1 is 0.906 bits per heavy atom. The van der Waals surface area contributed by atoms with E-state index in [-0.39, 0.29) is 17.0 Å². The highest BCUT2D eigenvalue weighted by molar-refractivity contribution is 6.46. The van der Waals surface area contributed by atoms with E-state index < -0.39 is 17.6 Å². The molecule has 0 bridgehead atoms. The molecule has 0 fully saturated rings. The third kappa shape index (κ3) is 3.92. The van der Waals surface area contributed by atoms with Gasteiger partial charge in [0.15, 0.2) is 0 Å². The molecule has 1 N–H and O–H groups in total. The molecule has 162 valence electrons. The summed E-state index contributed by atoms with van der Waals surface area (Å²) < 4.78 is 24.3. The van der Waals surface area contributed by atoms with E-state index >= 15 is 0 Å². The first-order valence-electron chi connectivity index (χ1n) is 10.1. The molecule has 3 aromatic rings. The minimum atomic E-state index is -0.543. The second-order valence-corrected chi connectivity index (χ2v) is 6.95. The number of para-hydroxylation sites is 2. The van der Waals surface area contributed by atoms with Crippen LogP contribution in [0.1, 0.15) is 12.5 Å². The molecule has 32 heavy (non-hydrogen) atoms. The molecule has 6 nitrogen and oxygen atoms in total. The highest BCUT2D eigenvalue weighted by Crippen LogP contribution is 2.36. The Labute approximate surface area is 184 Å². The van der Waals surface area contributed by atoms with E-state index in [2.05, 4.69) is 5.32 Å². The van der Waals surface area contributed by atoms with Crippen molar-refractivity contribution in [1.82, 2.24) is 0 Å². The average molecular weight is 432 g/mol. The van der Waals surface area contributed by atoms with Crippen LogP contribution in [0.4, 0.5) is 15.8 Å². The molecule has 1 aliphatic rings. The fraction of sp³-hybridized carbons (Fsp3) is 0.120. The van der Waals surface area contributed by atoms with Crippen molar-refractivity contribution in [3.05, 3.63) is 89.9 Å². The molecule has 4 rings (SSSR count). The number of rotatable bonds is 7. The van der Waals surface area contributed by atoms with E-state index in [0.29, 0.717) is 29.4 Å². The van der Waals surface area contributed by atoms with Crippen LogP contribution in [0.2, 0.25) is 0 Å². The van der Waals surface area contributed by atoms with E-state index in [9.17, 15) is 14.0 Å². The smallest absolute Gasteiger partial charge is 0.282 e. The zero-order chi connectivity index (χ0) is 22.7. The van der Waals surface area contributed by atoms with E-state index in [0.717, 1.165) is 4.90 Å². The fourth-order valence-electron chi connectivity index (χ4n) is 3.48. The highest BCUT2D eigenvalue weighted by atomic mass is 19.1. The minimum Gasteiger partial charge on any atom is -0.497 e. The second kappa shape index (κ2) is 8.93. The molecule has 0 saturated heterocycles. The summed E-state index contributed by atoms with van der Waals surface area (Å²) in [5.74, 6) is -0.336. The van der Waals surface area contributed by atoms with Crippen LogP contribution >= 0.6 is 0 Å². The summed E-state index contributed by atoms with van der Waals surface area (Å²) in [6, 6.07) is 19.2. The summed E-state index contributed by atoms with van der Waals surface area (Å²) >= 11 is 0. The molecule has 0 aliphatic carbocycles. The standard InChI is InChI=1S/C25H21FN2O4/c1-3-32-21-7-5-4-6-20(21)27-23-22(16-8-14-19(31-2)15-9-16)24(29)28(25(23)30)18-12-10-17(26)11-13-18/h4-15,27H,3H2,1-2H3. The number of imide groups is 1. The number of nitrogens with one attached hydrogen (secondary N) is 1. The Balaban J connectivity index is 1.81. The van der Waals surface area contributed by atoms with Gasteiger partial charge in [-0.3, -0.25) is 9.59 Å². The number of nitrogens with zero attached hydrogens (tertiary/aromatic N) is 1. The Morgan fingerprint density at radius 2 is 1.59 bits per heavy atom. The van der Waals surface area contributed by atoms with Gasteiger partial charge in [0, 0.05) is 0 Å². The number of anilines is 2. The largest absolute Gasteiger partial charge is 0.497 e. The first-order chi connectivity index (χ1) is 15.5. The van der Waals surface area contributed by atoms with Crippen LogP contribution < -0.4 is 19.7 Å². The van der Waals surface area contributed by atoms with Crippen molar-refractivity contribution < 1.29 is 23.5 Å². The first-order valence-corrected chi connectivity index (χ1v) is 10.1. The van der Waals surface area contributed by atoms with Crippen molar-refractivity contribution >= 4 is 28.8 Å². The van der Waals surface area contributed by atoms with Crippen LogP contribution in [-0.2, 0) is 9.59 Å². The monoisotopic (exact) mass is 432 g/mol. The summed E-state index contributed by atoms with van der Waals surface area (Å²) in [6.45, 7) is 2.30. The lowest BCUT2D eigenvalue weighted by Crippen LogP contribution is -2.32. The Morgan fingerprint density at radius 3 is 2.25 bits per heavy atom. The van der Waals surface area contributed by atoms with Gasteiger partial charge in [0.05, 0.1) is 30.7 Å². The summed E-state index contributed by atoms with van der Waals surface area (Å²) in [5, 5.41) is 3.10. The van der Waals surface area contributed by atoms with Gasteiger partial charge in [-0.05, 0) is 61.0 Å². The van der Waals surface area contributed by atoms with Gasteiger partial charge in [-0.15, -0.1) is 0 Å². The van der Waals surface area contributed by atoms with Crippen LogP contribution in [-0.4, -0.2) is 25.5 Å². The molecule has 1 aliphatic heterocycles. The third-order valence-electron chi connectivity index (χ3n) is 4.99. The van der Waals surface area contributed by atoms with Gasteiger partial charge >= 0.3 is 0 Å². The van der Waals surface area contributed by atoms with E-state index in [1.807, 2.05) is 13.0 Å². The van der Waals surface area contributed by atoms with Crippen molar-refractivity contribution in [2.75, 3.05) is 23.9 Å². The number of halogens is 1. The van der Waals surface area contributed by atoms with Gasteiger partial charge in [0.1, 0.15) is 23.0 Å². The molecule has 0 aromatic heterocycles. The van der Waals surface area contributed by atoms with Crippen molar-refractivity contribution in [2.24, 2.45) is 0 Å². The second-order valence-electron chi connectivity index (χ2n) is 6.95. The molecular weight excluding hydrogens is 411 g/mol. The van der Waals surface area contributed by atoms with Crippen LogP contribution in [0.25, 0.3) is 5.57 Å². The zero-order valence-electron chi connectivity index (χ0n) is 17.6. The lowest BCUT2D eigenvalue weighted by molar-refractivity contribution is -0.120.